The van der Waals surface area contributed by atoms with Gasteiger partial charge < -0.3 is 19.9 Å². The highest BCUT2D eigenvalue weighted by Crippen LogP contribution is 2.48. The Balaban J connectivity index is 1.14. The lowest BCUT2D eigenvalue weighted by atomic mass is 9.85. The first kappa shape index (κ1) is 27.3. The van der Waals surface area contributed by atoms with Crippen molar-refractivity contribution in [3.63, 3.8) is 0 Å². The van der Waals surface area contributed by atoms with Crippen LogP contribution in [0.4, 0.5) is 22.8 Å². The van der Waals surface area contributed by atoms with Crippen molar-refractivity contribution < 1.29 is 37.1 Å². The number of nitrogens with one attached hydrogen (secondary N) is 1. The second-order valence-electron chi connectivity index (χ2n) is 11.7. The summed E-state index contributed by atoms with van der Waals surface area (Å²) in [7, 11) is 0. The first-order valence-electron chi connectivity index (χ1n) is 13.9. The summed E-state index contributed by atoms with van der Waals surface area (Å²) < 4.78 is 45.5. The number of hydrogen-bond acceptors (Lipinski definition) is 5. The van der Waals surface area contributed by atoms with Crippen molar-refractivity contribution >= 4 is 23.8 Å². The van der Waals surface area contributed by atoms with Crippen molar-refractivity contribution in [1.82, 2.24) is 20.0 Å². The van der Waals surface area contributed by atoms with Gasteiger partial charge in [0.1, 0.15) is 12.4 Å². The third kappa shape index (κ3) is 5.19. The largest absolute Gasteiger partial charge is 0.436 e. The highest BCUT2D eigenvalue weighted by atomic mass is 19.3. The molecule has 1 unspecified atom stereocenters. The van der Waals surface area contributed by atoms with E-state index in [-0.39, 0.29) is 42.3 Å². The molecule has 0 radical (unpaired) electrons. The van der Waals surface area contributed by atoms with Gasteiger partial charge in [-0.3, -0.25) is 14.5 Å². The van der Waals surface area contributed by atoms with Gasteiger partial charge in [-0.25, -0.2) is 22.8 Å². The molecule has 218 valence electrons. The molecule has 41 heavy (non-hydrogen) atoms. The van der Waals surface area contributed by atoms with Crippen LogP contribution in [0.1, 0.15) is 38.2 Å². The number of nitrogens with zero attached hydrogens (tertiary/aromatic N) is 3. The number of allylic oxidation sites excluding steroid dienone is 3. The molecule has 2 saturated heterocycles. The molecule has 4 amide bonds. The Labute approximate surface area is 235 Å². The van der Waals surface area contributed by atoms with Gasteiger partial charge in [0, 0.05) is 18.5 Å². The normalized spacial score (nSPS) is 27.1. The van der Waals surface area contributed by atoms with E-state index in [1.807, 2.05) is 6.92 Å². The van der Waals surface area contributed by atoms with Crippen LogP contribution in [0.5, 0.6) is 0 Å². The second kappa shape index (κ2) is 9.92. The quantitative estimate of drug-likeness (QED) is 0.539. The average Bonchev–Trinajstić information content (AvgIpc) is 3.64. The van der Waals surface area contributed by atoms with E-state index < -0.39 is 42.7 Å². The van der Waals surface area contributed by atoms with Crippen LogP contribution < -0.4 is 5.32 Å². The average molecular weight is 573 g/mol. The van der Waals surface area contributed by atoms with Gasteiger partial charge in [-0.05, 0) is 67.9 Å². The predicted octanol–water partition coefficient (Wildman–Crippen LogP) is 3.61. The number of carbonyl (C=O) groups is 4. The number of benzene rings is 1. The summed E-state index contributed by atoms with van der Waals surface area (Å²) in [6, 6.07) is 5.18. The lowest BCUT2D eigenvalue weighted by Gasteiger charge is -2.38. The molecule has 3 aliphatic carbocycles. The fourth-order valence-corrected chi connectivity index (χ4v) is 6.30. The van der Waals surface area contributed by atoms with E-state index in [1.165, 1.54) is 23.1 Å². The number of alkyl halides is 2. The summed E-state index contributed by atoms with van der Waals surface area (Å²) in [5.74, 6) is -4.13. The van der Waals surface area contributed by atoms with Crippen LogP contribution >= 0.6 is 0 Å². The Morgan fingerprint density at radius 3 is 2.46 bits per heavy atom. The van der Waals surface area contributed by atoms with Gasteiger partial charge in [-0.2, -0.15) is 0 Å². The van der Waals surface area contributed by atoms with Gasteiger partial charge in [-0.1, -0.05) is 18.2 Å². The van der Waals surface area contributed by atoms with Crippen molar-refractivity contribution in [1.29, 1.82) is 0 Å². The van der Waals surface area contributed by atoms with E-state index >= 15 is 0 Å². The standard InChI is InChI=1S/C29H31F3N4O5/c1-17(19-4-5-19)36(12-18-2-6-20(30)7-3-18)24(37)13-34-14-28(41-27(34)40)11-10-21-22(28)8-9-23(25(21)38)33-26(39)35-15-29(31,32)16-35/h2-3,6-9,17,19,21H,4-5,10-16H2,1H3,(H,33,39)/t17-,21?,28+/m1/s1. The van der Waals surface area contributed by atoms with Gasteiger partial charge in [0.05, 0.1) is 25.3 Å². The molecule has 9 nitrogen and oxygen atoms in total. The van der Waals surface area contributed by atoms with Crippen molar-refractivity contribution in [2.45, 2.75) is 56.7 Å². The lowest BCUT2D eigenvalue weighted by molar-refractivity contribution is -0.135. The number of fused-ring (bicyclic) bond motifs is 2. The van der Waals surface area contributed by atoms with Crippen LogP contribution in [0.3, 0.4) is 0 Å². The van der Waals surface area contributed by atoms with Crippen LogP contribution in [0.2, 0.25) is 0 Å². The van der Waals surface area contributed by atoms with E-state index in [0.717, 1.165) is 23.3 Å². The summed E-state index contributed by atoms with van der Waals surface area (Å²) >= 11 is 0. The summed E-state index contributed by atoms with van der Waals surface area (Å²) in [5, 5.41) is 2.44. The van der Waals surface area contributed by atoms with Gasteiger partial charge >= 0.3 is 12.1 Å². The number of halogens is 3. The fraction of sp³-hybridized carbons (Fsp3) is 0.517. The lowest BCUT2D eigenvalue weighted by Crippen LogP contribution is -2.61. The molecule has 1 N–H and O–H groups in total. The van der Waals surface area contributed by atoms with Crippen LogP contribution in [-0.4, -0.2) is 82.3 Å². The molecule has 4 fully saturated rings. The molecule has 5 aliphatic rings. The van der Waals surface area contributed by atoms with Gasteiger partial charge in [-0.15, -0.1) is 0 Å². The summed E-state index contributed by atoms with van der Waals surface area (Å²) in [4.78, 5) is 56.0. The summed E-state index contributed by atoms with van der Waals surface area (Å²) in [6.45, 7) is 0.800. The fourth-order valence-electron chi connectivity index (χ4n) is 6.30. The maximum atomic E-state index is 13.5. The second-order valence-corrected chi connectivity index (χ2v) is 11.7. The predicted molar refractivity (Wildman–Crippen MR) is 139 cm³/mol. The molecule has 2 aliphatic heterocycles. The summed E-state index contributed by atoms with van der Waals surface area (Å²) in [6.07, 6.45) is 5.21. The molecule has 2 saturated carbocycles. The number of Topliss-reactive ketones (excluding diaryl/α,β-unsaturated/α-hetero) is 1. The zero-order valence-electron chi connectivity index (χ0n) is 22.6. The first-order valence-corrected chi connectivity index (χ1v) is 13.9. The number of ketones is 1. The molecule has 6 rings (SSSR count). The molecular formula is C29H31F3N4O5. The van der Waals surface area contributed by atoms with Crippen LogP contribution in [-0.2, 0) is 20.9 Å². The third-order valence-electron chi connectivity index (χ3n) is 8.82. The van der Waals surface area contributed by atoms with Gasteiger partial charge in [0.2, 0.25) is 5.91 Å². The maximum absolute atomic E-state index is 13.5. The molecule has 3 atom stereocenters. The highest BCUT2D eigenvalue weighted by molar-refractivity contribution is 6.03. The number of rotatable bonds is 7. The van der Waals surface area contributed by atoms with E-state index in [2.05, 4.69) is 5.32 Å². The Morgan fingerprint density at radius 2 is 1.80 bits per heavy atom. The number of carbonyl (C=O) groups excluding carboxylic acids is 4. The third-order valence-corrected chi connectivity index (χ3v) is 8.82. The van der Waals surface area contributed by atoms with Crippen LogP contribution in [0, 0.1) is 17.7 Å². The minimum Gasteiger partial charge on any atom is -0.436 e. The minimum atomic E-state index is -2.92. The Hall–Kier alpha value is -3.83. The van der Waals surface area contributed by atoms with Crippen molar-refractivity contribution in [3.8, 4) is 0 Å². The SMILES string of the molecule is C[C@H](C1CC1)N(Cc1ccc(F)cc1)C(=O)CN1C[C@]2(CCC3C(=O)C(NC(=O)N4CC(F)(F)C4)=CC=C32)OC1=O. The molecule has 1 aromatic rings. The van der Waals surface area contributed by atoms with Crippen molar-refractivity contribution in [2.24, 2.45) is 11.8 Å². The number of ether oxygens (including phenoxy) is 1. The minimum absolute atomic E-state index is 0.0119. The van der Waals surface area contributed by atoms with E-state index in [0.29, 0.717) is 30.9 Å². The van der Waals surface area contributed by atoms with E-state index in [1.54, 1.807) is 23.1 Å². The maximum Gasteiger partial charge on any atom is 0.411 e. The number of hydrogen-bond donors (Lipinski definition) is 1. The van der Waals surface area contributed by atoms with Crippen LogP contribution in [0.15, 0.2) is 47.7 Å². The molecule has 0 aromatic heterocycles. The van der Waals surface area contributed by atoms with Gasteiger partial charge in [0.25, 0.3) is 5.92 Å². The highest BCUT2D eigenvalue weighted by Gasteiger charge is 2.56. The zero-order chi connectivity index (χ0) is 29.1. The van der Waals surface area contributed by atoms with E-state index in [9.17, 15) is 32.3 Å². The Bertz CT molecular complexity index is 1350. The zero-order valence-corrected chi connectivity index (χ0v) is 22.6. The topological polar surface area (TPSA) is 99.3 Å². The number of urea groups is 1. The molecule has 1 aromatic carbocycles. The van der Waals surface area contributed by atoms with Gasteiger partial charge in [0.15, 0.2) is 11.4 Å². The Morgan fingerprint density at radius 1 is 1.10 bits per heavy atom. The van der Waals surface area contributed by atoms with Crippen LogP contribution in [0.25, 0.3) is 0 Å². The Kier molecular flexibility index (Phi) is 6.61. The van der Waals surface area contributed by atoms with E-state index in [4.69, 9.17) is 4.74 Å². The smallest absolute Gasteiger partial charge is 0.411 e. The molecule has 2 heterocycles. The number of likely N-dealkylation sites (tertiary alicyclic amines) is 1. The molecule has 0 bridgehead atoms. The first-order chi connectivity index (χ1) is 19.4. The van der Waals surface area contributed by atoms with Crippen molar-refractivity contribution in [3.05, 3.63) is 59.1 Å². The monoisotopic (exact) mass is 572 g/mol. The molecule has 12 heteroatoms. The molecular weight excluding hydrogens is 541 g/mol. The summed E-state index contributed by atoms with van der Waals surface area (Å²) in [5.41, 5.74) is 0.342. The number of amides is 4. The van der Waals surface area contributed by atoms with Crippen molar-refractivity contribution in [2.75, 3.05) is 26.2 Å². The molecule has 1 spiro atoms.